The van der Waals surface area contributed by atoms with E-state index in [9.17, 15) is 14.4 Å². The summed E-state index contributed by atoms with van der Waals surface area (Å²) in [5.41, 5.74) is 0.0449. The molecule has 0 bridgehead atoms. The van der Waals surface area contributed by atoms with Crippen molar-refractivity contribution in [2.45, 2.75) is 63.8 Å². The summed E-state index contributed by atoms with van der Waals surface area (Å²) in [7, 11) is 1.49. The molecule has 3 atom stereocenters. The lowest BCUT2D eigenvalue weighted by molar-refractivity contribution is -0.154. The molecule has 0 N–H and O–H groups in total. The van der Waals surface area contributed by atoms with Gasteiger partial charge in [-0.1, -0.05) is 32.9 Å². The summed E-state index contributed by atoms with van der Waals surface area (Å²) < 4.78 is 14.8. The van der Waals surface area contributed by atoms with Gasteiger partial charge in [-0.25, -0.2) is 9.79 Å². The summed E-state index contributed by atoms with van der Waals surface area (Å²) in [4.78, 5) is 55.1. The van der Waals surface area contributed by atoms with Crippen molar-refractivity contribution in [2.75, 3.05) is 20.7 Å². The van der Waals surface area contributed by atoms with Gasteiger partial charge >= 0.3 is 5.69 Å². The summed E-state index contributed by atoms with van der Waals surface area (Å²) in [5.74, 6) is -0.751. The number of imide groups is 1. The third-order valence-electron chi connectivity index (χ3n) is 7.20. The molecule has 1 fully saturated rings. The Balaban J connectivity index is 1.60. The zero-order valence-electron chi connectivity index (χ0n) is 23.2. The van der Waals surface area contributed by atoms with E-state index >= 15 is 0 Å². The SMILES string of the molecule is CN(C)C=Nc1nc(=O)n([C@H]2C[C@@H](ON3C(=O)c4ccccc4C3=O)[C@@H](CO[Si](C)(C)C(C)(C)C)O2)cc1I. The first kappa shape index (κ1) is 29.5. The molecule has 2 aliphatic rings. The summed E-state index contributed by atoms with van der Waals surface area (Å²) in [5, 5.41) is 0.758. The Bertz CT molecular complexity index is 1320. The predicted octanol–water partition coefficient (Wildman–Crippen LogP) is 3.98. The molecule has 2 aromatic rings. The first-order chi connectivity index (χ1) is 18.2. The van der Waals surface area contributed by atoms with Crippen molar-refractivity contribution >= 4 is 54.9 Å². The van der Waals surface area contributed by atoms with Gasteiger partial charge in [0, 0.05) is 26.7 Å². The van der Waals surface area contributed by atoms with Crippen LogP contribution in [0.5, 0.6) is 0 Å². The fraction of sp³-hybridized carbons (Fsp3) is 0.500. The number of fused-ring (bicyclic) bond motifs is 1. The van der Waals surface area contributed by atoms with Gasteiger partial charge in [0.15, 0.2) is 14.1 Å². The second kappa shape index (κ2) is 11.2. The van der Waals surface area contributed by atoms with Gasteiger partial charge in [-0.15, -0.1) is 5.06 Å². The Labute approximate surface area is 242 Å². The molecule has 1 aromatic carbocycles. The van der Waals surface area contributed by atoms with Gasteiger partial charge in [0.25, 0.3) is 11.8 Å². The van der Waals surface area contributed by atoms with Crippen LogP contribution in [0.15, 0.2) is 40.2 Å². The van der Waals surface area contributed by atoms with Gasteiger partial charge in [-0.2, -0.15) is 4.98 Å². The Morgan fingerprint density at radius 3 is 2.36 bits per heavy atom. The minimum atomic E-state index is -2.16. The van der Waals surface area contributed by atoms with Crippen LogP contribution in [0.1, 0.15) is 54.1 Å². The van der Waals surface area contributed by atoms with Crippen molar-refractivity contribution in [3.8, 4) is 0 Å². The highest BCUT2D eigenvalue weighted by atomic mass is 127. The number of rotatable bonds is 8. The topological polar surface area (TPSA) is 116 Å². The molecular formula is C26H34IN5O6Si. The molecule has 1 aromatic heterocycles. The van der Waals surface area contributed by atoms with Gasteiger partial charge in [0.2, 0.25) is 0 Å². The highest BCUT2D eigenvalue weighted by Crippen LogP contribution is 2.39. The van der Waals surface area contributed by atoms with Gasteiger partial charge in [0.1, 0.15) is 18.4 Å². The van der Waals surface area contributed by atoms with Gasteiger partial charge < -0.3 is 14.1 Å². The lowest BCUT2D eigenvalue weighted by Crippen LogP contribution is -2.45. The van der Waals surface area contributed by atoms with E-state index in [4.69, 9.17) is 14.0 Å². The number of ether oxygens (including phenoxy) is 1. The van der Waals surface area contributed by atoms with Crippen molar-refractivity contribution in [3.05, 3.63) is 55.6 Å². The van der Waals surface area contributed by atoms with Crippen LogP contribution in [-0.2, 0) is 14.0 Å². The average molecular weight is 668 g/mol. The quantitative estimate of drug-likeness (QED) is 0.137. The Hall–Kier alpha value is -2.46. The molecule has 0 unspecified atom stereocenters. The van der Waals surface area contributed by atoms with Crippen LogP contribution < -0.4 is 5.69 Å². The van der Waals surface area contributed by atoms with E-state index in [0.717, 1.165) is 5.06 Å². The molecule has 11 nitrogen and oxygen atoms in total. The van der Waals surface area contributed by atoms with E-state index in [-0.39, 0.29) is 29.2 Å². The molecule has 2 aliphatic heterocycles. The first-order valence-electron chi connectivity index (χ1n) is 12.6. The fourth-order valence-corrected chi connectivity index (χ4v) is 5.52. The van der Waals surface area contributed by atoms with Crippen molar-refractivity contribution in [1.82, 2.24) is 19.5 Å². The third-order valence-corrected chi connectivity index (χ3v) is 12.5. The number of carbonyl (C=O) groups is 2. The maximum absolute atomic E-state index is 13.0. The molecule has 0 radical (unpaired) electrons. The van der Waals surface area contributed by atoms with Crippen molar-refractivity contribution in [3.63, 3.8) is 0 Å². The van der Waals surface area contributed by atoms with E-state index in [0.29, 0.717) is 9.39 Å². The minimum Gasteiger partial charge on any atom is -0.414 e. The molecule has 39 heavy (non-hydrogen) atoms. The minimum absolute atomic E-state index is 0.0379. The highest BCUT2D eigenvalue weighted by molar-refractivity contribution is 14.1. The fourth-order valence-electron chi connectivity index (χ4n) is 3.94. The van der Waals surface area contributed by atoms with Crippen LogP contribution >= 0.6 is 22.6 Å². The van der Waals surface area contributed by atoms with E-state index in [1.54, 1.807) is 41.7 Å². The number of aliphatic imine (C=N–C) groups is 1. The average Bonchev–Trinajstić information content (AvgIpc) is 3.37. The smallest absolute Gasteiger partial charge is 0.351 e. The summed E-state index contributed by atoms with van der Waals surface area (Å²) >= 11 is 2.07. The molecule has 210 valence electrons. The molecule has 13 heteroatoms. The number of hydrogen-bond acceptors (Lipinski definition) is 8. The van der Waals surface area contributed by atoms with E-state index in [2.05, 4.69) is 66.4 Å². The van der Waals surface area contributed by atoms with Crippen molar-refractivity contribution in [2.24, 2.45) is 4.99 Å². The van der Waals surface area contributed by atoms with E-state index in [1.807, 2.05) is 14.1 Å². The largest absolute Gasteiger partial charge is 0.414 e. The molecule has 2 amide bonds. The first-order valence-corrected chi connectivity index (χ1v) is 16.6. The number of aromatic nitrogens is 2. The molecule has 3 heterocycles. The van der Waals surface area contributed by atoms with E-state index in [1.165, 1.54) is 4.57 Å². The molecule has 0 saturated carbocycles. The monoisotopic (exact) mass is 667 g/mol. The second-order valence-electron chi connectivity index (χ2n) is 11.3. The van der Waals surface area contributed by atoms with Gasteiger partial charge in [0.05, 0.1) is 27.6 Å². The molecule has 1 saturated heterocycles. The predicted molar refractivity (Wildman–Crippen MR) is 157 cm³/mol. The molecule has 0 aliphatic carbocycles. The number of hydrogen-bond donors (Lipinski definition) is 0. The van der Waals surface area contributed by atoms with Crippen LogP contribution in [0, 0.1) is 3.57 Å². The number of hydroxylamine groups is 2. The standard InChI is InChI=1S/C26H34IN5O6Si/c1-26(2,3)39(6,7)36-14-20-19(38-32-23(33)16-10-8-9-11-17(16)24(32)34)12-21(37-20)31-13-18(27)22(29-25(31)35)28-15-30(4)5/h8-11,13,15,19-21H,12,14H2,1-7H3/t19-,20-,21-/m1/s1. The maximum atomic E-state index is 13.0. The third kappa shape index (κ3) is 6.16. The van der Waals surface area contributed by atoms with Crippen molar-refractivity contribution < 1.29 is 23.6 Å². The summed E-state index contributed by atoms with van der Waals surface area (Å²) in [6, 6.07) is 6.59. The Morgan fingerprint density at radius 2 is 1.79 bits per heavy atom. The summed E-state index contributed by atoms with van der Waals surface area (Å²) in [6.45, 7) is 10.9. The van der Waals surface area contributed by atoms with Crippen LogP contribution in [-0.4, -0.2) is 78.9 Å². The Morgan fingerprint density at radius 1 is 1.18 bits per heavy atom. The van der Waals surface area contributed by atoms with Crippen LogP contribution in [0.25, 0.3) is 0 Å². The number of carbonyl (C=O) groups excluding carboxylic acids is 2. The molecule has 0 spiro atoms. The lowest BCUT2D eigenvalue weighted by Gasteiger charge is -2.37. The summed E-state index contributed by atoms with van der Waals surface area (Å²) in [6.07, 6.45) is 1.32. The van der Waals surface area contributed by atoms with Crippen molar-refractivity contribution in [1.29, 1.82) is 0 Å². The normalized spacial score (nSPS) is 21.7. The van der Waals surface area contributed by atoms with Crippen LogP contribution in [0.4, 0.5) is 5.82 Å². The number of nitrogens with zero attached hydrogens (tertiary/aromatic N) is 5. The number of amides is 2. The van der Waals surface area contributed by atoms with Gasteiger partial charge in [-0.05, 0) is 52.9 Å². The van der Waals surface area contributed by atoms with E-state index < -0.39 is 44.3 Å². The van der Waals surface area contributed by atoms with Crippen LogP contribution in [0.2, 0.25) is 18.1 Å². The highest BCUT2D eigenvalue weighted by Gasteiger charge is 2.46. The molecule has 4 rings (SSSR count). The Kier molecular flexibility index (Phi) is 8.47. The zero-order chi connectivity index (χ0) is 28.7. The molecular weight excluding hydrogens is 633 g/mol. The van der Waals surface area contributed by atoms with Crippen LogP contribution in [0.3, 0.4) is 0 Å². The van der Waals surface area contributed by atoms with Gasteiger partial charge in [-0.3, -0.25) is 19.0 Å². The maximum Gasteiger partial charge on any atom is 0.351 e. The number of halogens is 1. The number of benzene rings is 1. The second-order valence-corrected chi connectivity index (χ2v) is 17.3. The zero-order valence-corrected chi connectivity index (χ0v) is 26.3. The lowest BCUT2D eigenvalue weighted by atomic mass is 10.1.